The Morgan fingerprint density at radius 3 is 2.96 bits per heavy atom. The second kappa shape index (κ2) is 6.30. The van der Waals surface area contributed by atoms with Crippen LogP contribution in [0.5, 0.6) is 0 Å². The van der Waals surface area contributed by atoms with Gasteiger partial charge in [-0.05, 0) is 18.2 Å². The number of aromatic nitrogens is 1. The van der Waals surface area contributed by atoms with Crippen molar-refractivity contribution in [1.29, 1.82) is 0 Å². The number of H-pyrrole nitrogens is 1. The van der Waals surface area contributed by atoms with Gasteiger partial charge >= 0.3 is 0 Å². The van der Waals surface area contributed by atoms with Crippen LogP contribution < -0.4 is 0 Å². The molecule has 5 rings (SSSR count). The van der Waals surface area contributed by atoms with Crippen LogP contribution in [0, 0.1) is 5.92 Å². The van der Waals surface area contributed by atoms with Crippen molar-refractivity contribution in [3.8, 4) is 0 Å². The molecule has 0 saturated carbocycles. The summed E-state index contributed by atoms with van der Waals surface area (Å²) in [7, 11) is 0. The van der Waals surface area contributed by atoms with E-state index < -0.39 is 0 Å². The number of rotatable bonds is 3. The summed E-state index contributed by atoms with van der Waals surface area (Å²) in [5.74, 6) is 0.591. The number of para-hydroxylation sites is 1. The highest BCUT2D eigenvalue weighted by Gasteiger charge is 2.37. The normalized spacial score (nSPS) is 19.7. The molecule has 0 bridgehead atoms. The summed E-state index contributed by atoms with van der Waals surface area (Å²) in [6.45, 7) is 2.21. The van der Waals surface area contributed by atoms with Gasteiger partial charge in [-0.2, -0.15) is 0 Å². The van der Waals surface area contributed by atoms with Gasteiger partial charge in [-0.15, -0.1) is 0 Å². The molecule has 0 radical (unpaired) electrons. The maximum absolute atomic E-state index is 13.1. The second-order valence-corrected chi connectivity index (χ2v) is 7.39. The number of benzene rings is 1. The van der Waals surface area contributed by atoms with E-state index in [1.165, 1.54) is 16.6 Å². The van der Waals surface area contributed by atoms with Gasteiger partial charge in [-0.25, -0.2) is 0 Å². The summed E-state index contributed by atoms with van der Waals surface area (Å²) in [6, 6.07) is 11.9. The van der Waals surface area contributed by atoms with Crippen molar-refractivity contribution in [3.05, 3.63) is 59.7 Å². The summed E-state index contributed by atoms with van der Waals surface area (Å²) in [4.78, 5) is 32.5. The predicted molar refractivity (Wildman–Crippen MR) is 99.7 cm³/mol. The molecule has 6 nitrogen and oxygen atoms in total. The smallest absolute Gasteiger partial charge is 0.228 e. The molecule has 2 aliphatic rings. The third-order valence-electron chi connectivity index (χ3n) is 5.68. The van der Waals surface area contributed by atoms with E-state index in [-0.39, 0.29) is 24.2 Å². The molecule has 1 fully saturated rings. The summed E-state index contributed by atoms with van der Waals surface area (Å²) in [5.41, 5.74) is 3.56. The van der Waals surface area contributed by atoms with Crippen molar-refractivity contribution >= 4 is 22.7 Å². The maximum atomic E-state index is 13.1. The fourth-order valence-corrected chi connectivity index (χ4v) is 4.29. The van der Waals surface area contributed by atoms with Gasteiger partial charge in [-0.1, -0.05) is 18.2 Å². The Labute approximate surface area is 156 Å². The third kappa shape index (κ3) is 2.81. The number of hydrogen-bond donors (Lipinski definition) is 1. The number of carbonyl (C=O) groups excluding carboxylic acids is 2. The maximum Gasteiger partial charge on any atom is 0.228 e. The zero-order chi connectivity index (χ0) is 18.4. The van der Waals surface area contributed by atoms with E-state index in [0.29, 0.717) is 26.2 Å². The predicted octanol–water partition coefficient (Wildman–Crippen LogP) is 2.69. The number of furan rings is 1. The van der Waals surface area contributed by atoms with Gasteiger partial charge in [0.05, 0.1) is 18.7 Å². The van der Waals surface area contributed by atoms with Crippen LogP contribution in [0.3, 0.4) is 0 Å². The number of nitrogens with one attached hydrogen (secondary N) is 1. The minimum atomic E-state index is -0.265. The molecule has 27 heavy (non-hydrogen) atoms. The number of amides is 2. The monoisotopic (exact) mass is 363 g/mol. The van der Waals surface area contributed by atoms with Crippen LogP contribution in [-0.4, -0.2) is 39.7 Å². The Bertz CT molecular complexity index is 1010. The quantitative estimate of drug-likeness (QED) is 0.778. The molecule has 6 heteroatoms. The zero-order valence-corrected chi connectivity index (χ0v) is 15.0. The van der Waals surface area contributed by atoms with Crippen molar-refractivity contribution < 1.29 is 14.0 Å². The fourth-order valence-electron chi connectivity index (χ4n) is 4.29. The van der Waals surface area contributed by atoms with Crippen LogP contribution >= 0.6 is 0 Å². The molecule has 0 spiro atoms. The Balaban J connectivity index is 1.31. The van der Waals surface area contributed by atoms with E-state index in [1.807, 2.05) is 29.2 Å². The van der Waals surface area contributed by atoms with Crippen molar-refractivity contribution in [2.75, 3.05) is 13.1 Å². The van der Waals surface area contributed by atoms with Crippen molar-refractivity contribution in [2.24, 2.45) is 5.92 Å². The Morgan fingerprint density at radius 2 is 2.11 bits per heavy atom. The largest absolute Gasteiger partial charge is 0.467 e. The molecule has 1 N–H and O–H groups in total. The summed E-state index contributed by atoms with van der Waals surface area (Å²) in [6.07, 6.45) is 2.72. The van der Waals surface area contributed by atoms with Gasteiger partial charge < -0.3 is 19.2 Å². The Hall–Kier alpha value is -3.02. The number of fused-ring (bicyclic) bond motifs is 3. The molecular formula is C21H21N3O3. The minimum absolute atomic E-state index is 0.0227. The first-order valence-electron chi connectivity index (χ1n) is 9.36. The average Bonchev–Trinajstić information content (AvgIpc) is 3.40. The van der Waals surface area contributed by atoms with Crippen molar-refractivity contribution in [2.45, 2.75) is 25.9 Å². The molecule has 3 aromatic rings. The first-order valence-corrected chi connectivity index (χ1v) is 9.36. The summed E-state index contributed by atoms with van der Waals surface area (Å²) in [5, 5.41) is 1.19. The number of carbonyl (C=O) groups is 2. The molecule has 1 atom stereocenters. The Kier molecular flexibility index (Phi) is 3.77. The van der Waals surface area contributed by atoms with E-state index in [2.05, 4.69) is 17.1 Å². The van der Waals surface area contributed by atoms with Crippen LogP contribution in [0.25, 0.3) is 10.9 Å². The van der Waals surface area contributed by atoms with Gasteiger partial charge in [0.2, 0.25) is 11.8 Å². The lowest BCUT2D eigenvalue weighted by Crippen LogP contribution is -2.40. The SMILES string of the molecule is O=C1CC(C(=O)N2CCc3[nH]c4ccccc4c3C2)CN1Cc1ccco1. The molecule has 2 aliphatic heterocycles. The molecule has 1 unspecified atom stereocenters. The van der Waals surface area contributed by atoms with E-state index in [9.17, 15) is 9.59 Å². The highest BCUT2D eigenvalue weighted by Crippen LogP contribution is 2.30. The van der Waals surface area contributed by atoms with Gasteiger partial charge in [0.1, 0.15) is 5.76 Å². The van der Waals surface area contributed by atoms with Crippen molar-refractivity contribution in [1.82, 2.24) is 14.8 Å². The molecule has 1 aromatic carbocycles. The van der Waals surface area contributed by atoms with Crippen LogP contribution in [0.1, 0.15) is 23.4 Å². The Morgan fingerprint density at radius 1 is 1.22 bits per heavy atom. The van der Waals surface area contributed by atoms with Crippen LogP contribution in [0.2, 0.25) is 0 Å². The lowest BCUT2D eigenvalue weighted by Gasteiger charge is -2.29. The second-order valence-electron chi connectivity index (χ2n) is 7.39. The molecule has 138 valence electrons. The van der Waals surface area contributed by atoms with Crippen LogP contribution in [0.4, 0.5) is 0 Å². The first kappa shape index (κ1) is 16.2. The van der Waals surface area contributed by atoms with Gasteiger partial charge in [-0.3, -0.25) is 9.59 Å². The van der Waals surface area contributed by atoms with Crippen LogP contribution in [0.15, 0.2) is 47.1 Å². The van der Waals surface area contributed by atoms with E-state index in [0.717, 1.165) is 17.7 Å². The van der Waals surface area contributed by atoms with Gasteiger partial charge in [0.25, 0.3) is 0 Å². The highest BCUT2D eigenvalue weighted by atomic mass is 16.3. The standard InChI is InChI=1S/C21H21N3O3/c25-20-10-14(11-24(20)12-15-4-3-9-27-15)21(26)23-8-7-19-17(13-23)16-5-1-2-6-18(16)22-19/h1-6,9,14,22H,7-8,10-13H2. The average molecular weight is 363 g/mol. The number of aromatic amines is 1. The first-order chi connectivity index (χ1) is 13.2. The fraction of sp³-hybridized carbons (Fsp3) is 0.333. The molecule has 0 aliphatic carbocycles. The number of likely N-dealkylation sites (tertiary alicyclic amines) is 1. The van der Waals surface area contributed by atoms with Crippen molar-refractivity contribution in [3.63, 3.8) is 0 Å². The van der Waals surface area contributed by atoms with E-state index in [1.54, 1.807) is 11.2 Å². The lowest BCUT2D eigenvalue weighted by atomic mass is 10.0. The van der Waals surface area contributed by atoms with E-state index in [4.69, 9.17) is 4.42 Å². The lowest BCUT2D eigenvalue weighted by molar-refractivity contribution is -0.136. The third-order valence-corrected chi connectivity index (χ3v) is 5.68. The molecule has 4 heterocycles. The molecular weight excluding hydrogens is 342 g/mol. The van der Waals surface area contributed by atoms with Gasteiger partial charge in [0.15, 0.2) is 0 Å². The van der Waals surface area contributed by atoms with Gasteiger partial charge in [0, 0.05) is 54.6 Å². The number of nitrogens with zero attached hydrogens (tertiary/aromatic N) is 2. The molecule has 1 saturated heterocycles. The zero-order valence-electron chi connectivity index (χ0n) is 15.0. The molecule has 2 amide bonds. The minimum Gasteiger partial charge on any atom is -0.467 e. The molecule has 2 aromatic heterocycles. The summed E-state index contributed by atoms with van der Waals surface area (Å²) >= 11 is 0. The topological polar surface area (TPSA) is 69.6 Å². The van der Waals surface area contributed by atoms with E-state index >= 15 is 0 Å². The highest BCUT2D eigenvalue weighted by molar-refractivity contribution is 5.90. The number of hydrogen-bond acceptors (Lipinski definition) is 3. The summed E-state index contributed by atoms with van der Waals surface area (Å²) < 4.78 is 5.33. The van der Waals surface area contributed by atoms with Crippen LogP contribution in [-0.2, 0) is 29.1 Å².